The van der Waals surface area contributed by atoms with Crippen molar-refractivity contribution < 1.29 is 9.53 Å². The summed E-state index contributed by atoms with van der Waals surface area (Å²) in [6.45, 7) is 6.46. The molecule has 132 valence electrons. The average molecular weight is 339 g/mol. The van der Waals surface area contributed by atoms with Crippen LogP contribution < -0.4 is 4.74 Å². The van der Waals surface area contributed by atoms with Gasteiger partial charge < -0.3 is 9.64 Å². The number of hydrogen-bond acceptors (Lipinski definition) is 4. The van der Waals surface area contributed by atoms with Crippen molar-refractivity contribution in [1.82, 2.24) is 14.8 Å². The van der Waals surface area contributed by atoms with Crippen molar-refractivity contribution in [2.45, 2.75) is 19.9 Å². The fourth-order valence-electron chi connectivity index (χ4n) is 3.06. The Morgan fingerprint density at radius 2 is 1.92 bits per heavy atom. The summed E-state index contributed by atoms with van der Waals surface area (Å²) in [5.41, 5.74) is 2.34. The molecule has 0 bridgehead atoms. The number of pyridine rings is 1. The number of nitrogens with zero attached hydrogens (tertiary/aromatic N) is 3. The third kappa shape index (κ3) is 5.03. The first kappa shape index (κ1) is 17.4. The molecule has 0 spiro atoms. The number of carbonyl (C=O) groups is 1. The van der Waals surface area contributed by atoms with Crippen molar-refractivity contribution in [3.63, 3.8) is 0 Å². The molecule has 1 aliphatic heterocycles. The van der Waals surface area contributed by atoms with Crippen LogP contribution in [0.4, 0.5) is 0 Å². The van der Waals surface area contributed by atoms with E-state index in [0.717, 1.165) is 50.6 Å². The van der Waals surface area contributed by atoms with Crippen LogP contribution in [0.2, 0.25) is 0 Å². The SMILES string of the molecule is Cc1ncccc1CN1CCCN(C(=O)COc2ccccc2)CC1. The lowest BCUT2D eigenvalue weighted by Gasteiger charge is -2.22. The van der Waals surface area contributed by atoms with Gasteiger partial charge in [-0.25, -0.2) is 0 Å². The van der Waals surface area contributed by atoms with Crippen LogP contribution in [-0.2, 0) is 11.3 Å². The molecular weight excluding hydrogens is 314 g/mol. The van der Waals surface area contributed by atoms with Crippen molar-refractivity contribution in [3.8, 4) is 5.75 Å². The highest BCUT2D eigenvalue weighted by Crippen LogP contribution is 2.12. The Hall–Kier alpha value is -2.40. The lowest BCUT2D eigenvalue weighted by Crippen LogP contribution is -2.38. The Morgan fingerprint density at radius 1 is 1.08 bits per heavy atom. The number of aromatic nitrogens is 1. The molecule has 1 fully saturated rings. The summed E-state index contributed by atoms with van der Waals surface area (Å²) in [5.74, 6) is 0.794. The Labute approximate surface area is 149 Å². The highest BCUT2D eigenvalue weighted by Gasteiger charge is 2.20. The van der Waals surface area contributed by atoms with Gasteiger partial charge in [-0.2, -0.15) is 0 Å². The van der Waals surface area contributed by atoms with Gasteiger partial charge in [-0.15, -0.1) is 0 Å². The van der Waals surface area contributed by atoms with Gasteiger partial charge in [0.15, 0.2) is 6.61 Å². The van der Waals surface area contributed by atoms with Gasteiger partial charge in [0.1, 0.15) is 5.75 Å². The second-order valence-corrected chi connectivity index (χ2v) is 6.36. The number of hydrogen-bond donors (Lipinski definition) is 0. The van der Waals surface area contributed by atoms with Crippen molar-refractivity contribution in [1.29, 1.82) is 0 Å². The van der Waals surface area contributed by atoms with Gasteiger partial charge in [0.25, 0.3) is 5.91 Å². The second-order valence-electron chi connectivity index (χ2n) is 6.36. The van der Waals surface area contributed by atoms with Crippen LogP contribution in [-0.4, -0.2) is 53.5 Å². The van der Waals surface area contributed by atoms with Gasteiger partial charge in [0.2, 0.25) is 0 Å². The summed E-state index contributed by atoms with van der Waals surface area (Å²) >= 11 is 0. The molecule has 1 aliphatic rings. The second kappa shape index (κ2) is 8.62. The lowest BCUT2D eigenvalue weighted by molar-refractivity contribution is -0.133. The number of rotatable bonds is 5. The van der Waals surface area contributed by atoms with Crippen molar-refractivity contribution >= 4 is 5.91 Å². The Kier molecular flexibility index (Phi) is 6.01. The molecule has 1 aromatic carbocycles. The van der Waals surface area contributed by atoms with E-state index in [0.29, 0.717) is 0 Å². The number of para-hydroxylation sites is 1. The van der Waals surface area contributed by atoms with E-state index in [-0.39, 0.29) is 12.5 Å². The highest BCUT2D eigenvalue weighted by molar-refractivity contribution is 5.77. The van der Waals surface area contributed by atoms with E-state index >= 15 is 0 Å². The first-order valence-electron chi connectivity index (χ1n) is 8.81. The fourth-order valence-corrected chi connectivity index (χ4v) is 3.06. The molecule has 5 nitrogen and oxygen atoms in total. The van der Waals surface area contributed by atoms with Crippen LogP contribution in [0.1, 0.15) is 17.7 Å². The van der Waals surface area contributed by atoms with E-state index in [9.17, 15) is 4.79 Å². The molecule has 3 rings (SSSR count). The van der Waals surface area contributed by atoms with Gasteiger partial charge in [-0.3, -0.25) is 14.7 Å². The Balaban J connectivity index is 1.49. The van der Waals surface area contributed by atoms with Crippen molar-refractivity contribution in [2.24, 2.45) is 0 Å². The third-order valence-corrected chi connectivity index (χ3v) is 4.56. The summed E-state index contributed by atoms with van der Waals surface area (Å²) in [6, 6.07) is 13.6. The molecule has 0 aliphatic carbocycles. The number of carbonyl (C=O) groups excluding carboxylic acids is 1. The number of aryl methyl sites for hydroxylation is 1. The van der Waals surface area contributed by atoms with Gasteiger partial charge in [-0.05, 0) is 37.1 Å². The number of ether oxygens (including phenoxy) is 1. The fraction of sp³-hybridized carbons (Fsp3) is 0.400. The van der Waals surface area contributed by atoms with Crippen molar-refractivity contribution in [3.05, 3.63) is 59.9 Å². The molecule has 25 heavy (non-hydrogen) atoms. The smallest absolute Gasteiger partial charge is 0.260 e. The van der Waals surface area contributed by atoms with Crippen LogP contribution in [0.15, 0.2) is 48.7 Å². The molecule has 5 heteroatoms. The third-order valence-electron chi connectivity index (χ3n) is 4.56. The maximum atomic E-state index is 12.4. The van der Waals surface area contributed by atoms with E-state index in [2.05, 4.69) is 16.0 Å². The van der Waals surface area contributed by atoms with Crippen LogP contribution in [0.25, 0.3) is 0 Å². The van der Waals surface area contributed by atoms with E-state index in [1.54, 1.807) is 0 Å². The van der Waals surface area contributed by atoms with E-state index in [1.165, 1.54) is 5.56 Å². The predicted octanol–water partition coefficient (Wildman–Crippen LogP) is 2.50. The van der Waals surface area contributed by atoms with Crippen molar-refractivity contribution in [2.75, 3.05) is 32.8 Å². The average Bonchev–Trinajstić information content (AvgIpc) is 2.88. The van der Waals surface area contributed by atoms with Gasteiger partial charge in [0.05, 0.1) is 0 Å². The van der Waals surface area contributed by atoms with Gasteiger partial charge >= 0.3 is 0 Å². The zero-order valence-electron chi connectivity index (χ0n) is 14.7. The first-order valence-corrected chi connectivity index (χ1v) is 8.81. The molecule has 0 unspecified atom stereocenters. The Morgan fingerprint density at radius 3 is 2.72 bits per heavy atom. The normalized spacial score (nSPS) is 15.6. The minimum atomic E-state index is 0.0586. The molecule has 1 aromatic heterocycles. The largest absolute Gasteiger partial charge is 0.484 e. The molecule has 2 heterocycles. The monoisotopic (exact) mass is 339 g/mol. The van der Waals surface area contributed by atoms with Gasteiger partial charge in [0, 0.05) is 44.6 Å². The molecule has 0 atom stereocenters. The molecule has 0 N–H and O–H groups in total. The van der Waals surface area contributed by atoms with Crippen LogP contribution in [0.5, 0.6) is 5.75 Å². The summed E-state index contributed by atoms with van der Waals surface area (Å²) < 4.78 is 5.59. The molecule has 0 radical (unpaired) electrons. The number of amides is 1. The predicted molar refractivity (Wildman–Crippen MR) is 97.4 cm³/mol. The zero-order chi connectivity index (χ0) is 17.5. The summed E-state index contributed by atoms with van der Waals surface area (Å²) in [6.07, 6.45) is 2.81. The molecule has 2 aromatic rings. The van der Waals surface area contributed by atoms with E-state index in [4.69, 9.17) is 4.74 Å². The highest BCUT2D eigenvalue weighted by atomic mass is 16.5. The molecule has 1 saturated heterocycles. The molecular formula is C20H25N3O2. The minimum Gasteiger partial charge on any atom is -0.484 e. The topological polar surface area (TPSA) is 45.7 Å². The standard InChI is InChI=1S/C20H25N3O2/c1-17-18(7-5-10-21-17)15-22-11-6-12-23(14-13-22)20(24)16-25-19-8-3-2-4-9-19/h2-5,7-10H,6,11-16H2,1H3. The Bertz CT molecular complexity index is 690. The number of benzene rings is 1. The minimum absolute atomic E-state index is 0.0586. The molecule has 0 saturated carbocycles. The van der Waals surface area contributed by atoms with Gasteiger partial charge in [-0.1, -0.05) is 24.3 Å². The zero-order valence-corrected chi connectivity index (χ0v) is 14.7. The van der Waals surface area contributed by atoms with Crippen LogP contribution >= 0.6 is 0 Å². The van der Waals surface area contributed by atoms with Crippen LogP contribution in [0.3, 0.4) is 0 Å². The van der Waals surface area contributed by atoms with E-state index < -0.39 is 0 Å². The summed E-state index contributed by atoms with van der Waals surface area (Å²) in [4.78, 5) is 21.1. The molecule has 1 amide bonds. The maximum absolute atomic E-state index is 12.4. The maximum Gasteiger partial charge on any atom is 0.260 e. The summed E-state index contributed by atoms with van der Waals surface area (Å²) in [7, 11) is 0. The first-order chi connectivity index (χ1) is 12.2. The quantitative estimate of drug-likeness (QED) is 0.840. The van der Waals surface area contributed by atoms with E-state index in [1.807, 2.05) is 54.4 Å². The summed E-state index contributed by atoms with van der Waals surface area (Å²) in [5, 5.41) is 0. The lowest BCUT2D eigenvalue weighted by atomic mass is 10.2. The van der Waals surface area contributed by atoms with Crippen LogP contribution in [0, 0.1) is 6.92 Å².